The largest absolute Gasteiger partial charge is 0.469 e. The lowest BCUT2D eigenvalue weighted by atomic mass is 10.1. The summed E-state index contributed by atoms with van der Waals surface area (Å²) in [6.07, 6.45) is 1.17. The first kappa shape index (κ1) is 16.4. The molecular weight excluding hydrogens is 306 g/mol. The van der Waals surface area contributed by atoms with Gasteiger partial charge in [-0.05, 0) is 49.2 Å². The normalized spacial score (nSPS) is 17.0. The van der Waals surface area contributed by atoms with Crippen molar-refractivity contribution in [1.29, 1.82) is 0 Å². The number of aromatic nitrogens is 4. The number of carbonyl (C=O) groups excluding carboxylic acids is 1. The standard InChI is InChI=1S/C17H23N5O2/c1-17(2,3)22-15(18-19-20-22)11-21-13(10-16(23)24-4)9-12-7-5-6-8-14(12)21/h5-8,13H,9-11H2,1-4H3. The number of rotatable bonds is 4. The number of methoxy groups -OCH3 is 1. The van der Waals surface area contributed by atoms with E-state index in [9.17, 15) is 4.79 Å². The molecule has 0 saturated heterocycles. The van der Waals surface area contributed by atoms with Gasteiger partial charge in [0.05, 0.1) is 25.6 Å². The molecule has 0 fully saturated rings. The number of para-hydroxylation sites is 1. The summed E-state index contributed by atoms with van der Waals surface area (Å²) in [6, 6.07) is 8.28. The second-order valence-electron chi connectivity index (χ2n) is 7.07. The number of carbonyl (C=O) groups is 1. The van der Waals surface area contributed by atoms with Crippen molar-refractivity contribution in [2.24, 2.45) is 0 Å². The third kappa shape index (κ3) is 3.11. The van der Waals surface area contributed by atoms with Crippen LogP contribution in [0.15, 0.2) is 24.3 Å². The molecule has 1 unspecified atom stereocenters. The number of ether oxygens (including phenoxy) is 1. The van der Waals surface area contributed by atoms with E-state index < -0.39 is 0 Å². The predicted molar refractivity (Wildman–Crippen MR) is 89.6 cm³/mol. The Kier molecular flexibility index (Phi) is 4.26. The van der Waals surface area contributed by atoms with Crippen molar-refractivity contribution in [2.75, 3.05) is 12.0 Å². The zero-order valence-corrected chi connectivity index (χ0v) is 14.6. The zero-order chi connectivity index (χ0) is 17.3. The number of benzene rings is 1. The van der Waals surface area contributed by atoms with Gasteiger partial charge in [-0.2, -0.15) is 0 Å². The summed E-state index contributed by atoms with van der Waals surface area (Å²) >= 11 is 0. The third-order valence-corrected chi connectivity index (χ3v) is 4.31. The smallest absolute Gasteiger partial charge is 0.307 e. The first-order valence-corrected chi connectivity index (χ1v) is 8.09. The molecule has 0 aliphatic carbocycles. The molecule has 2 heterocycles. The molecule has 0 N–H and O–H groups in total. The minimum Gasteiger partial charge on any atom is -0.469 e. The lowest BCUT2D eigenvalue weighted by molar-refractivity contribution is -0.141. The highest BCUT2D eigenvalue weighted by atomic mass is 16.5. The average molecular weight is 329 g/mol. The molecule has 1 atom stereocenters. The molecule has 2 aromatic rings. The van der Waals surface area contributed by atoms with Crippen molar-refractivity contribution < 1.29 is 9.53 Å². The molecule has 24 heavy (non-hydrogen) atoms. The number of esters is 1. The number of nitrogens with zero attached hydrogens (tertiary/aromatic N) is 5. The predicted octanol–water partition coefficient (Wildman–Crippen LogP) is 1.92. The van der Waals surface area contributed by atoms with E-state index in [1.807, 2.05) is 16.8 Å². The van der Waals surface area contributed by atoms with Crippen molar-refractivity contribution in [3.63, 3.8) is 0 Å². The Morgan fingerprint density at radius 1 is 1.33 bits per heavy atom. The number of anilines is 1. The molecule has 7 nitrogen and oxygen atoms in total. The molecule has 0 spiro atoms. The topological polar surface area (TPSA) is 73.1 Å². The molecule has 128 valence electrons. The van der Waals surface area contributed by atoms with Gasteiger partial charge in [0, 0.05) is 11.7 Å². The van der Waals surface area contributed by atoms with Crippen LogP contribution in [0.2, 0.25) is 0 Å². The Morgan fingerprint density at radius 3 is 2.79 bits per heavy atom. The Labute approximate surface area is 141 Å². The second-order valence-corrected chi connectivity index (χ2v) is 7.07. The molecule has 1 aliphatic heterocycles. The molecule has 0 bridgehead atoms. The van der Waals surface area contributed by atoms with Crippen LogP contribution in [-0.2, 0) is 28.0 Å². The molecule has 1 aromatic carbocycles. The minimum atomic E-state index is -0.201. The van der Waals surface area contributed by atoms with Gasteiger partial charge < -0.3 is 9.64 Å². The lowest BCUT2D eigenvalue weighted by Crippen LogP contribution is -2.36. The SMILES string of the molecule is COC(=O)CC1Cc2ccccc2N1Cc1nnnn1C(C)(C)C. The van der Waals surface area contributed by atoms with Crippen LogP contribution >= 0.6 is 0 Å². The van der Waals surface area contributed by atoms with E-state index in [0.717, 1.165) is 17.9 Å². The van der Waals surface area contributed by atoms with Crippen LogP contribution < -0.4 is 4.90 Å². The van der Waals surface area contributed by atoms with Crippen molar-refractivity contribution >= 4 is 11.7 Å². The lowest BCUT2D eigenvalue weighted by Gasteiger charge is -2.28. The van der Waals surface area contributed by atoms with E-state index in [2.05, 4.69) is 53.3 Å². The summed E-state index contributed by atoms with van der Waals surface area (Å²) < 4.78 is 6.70. The first-order chi connectivity index (χ1) is 11.4. The monoisotopic (exact) mass is 329 g/mol. The molecule has 7 heteroatoms. The van der Waals surface area contributed by atoms with Crippen LogP contribution in [0.5, 0.6) is 0 Å². The maximum absolute atomic E-state index is 11.8. The fourth-order valence-electron chi connectivity index (χ4n) is 3.17. The Hall–Kier alpha value is -2.44. The van der Waals surface area contributed by atoms with Gasteiger partial charge in [0.1, 0.15) is 0 Å². The molecule has 1 aliphatic rings. The number of hydrogen-bond donors (Lipinski definition) is 0. The van der Waals surface area contributed by atoms with E-state index >= 15 is 0 Å². The van der Waals surface area contributed by atoms with Gasteiger partial charge in [-0.1, -0.05) is 18.2 Å². The summed E-state index contributed by atoms with van der Waals surface area (Å²) in [4.78, 5) is 14.0. The van der Waals surface area contributed by atoms with Gasteiger partial charge in [-0.15, -0.1) is 5.10 Å². The van der Waals surface area contributed by atoms with Gasteiger partial charge in [-0.3, -0.25) is 4.79 Å². The molecule has 0 saturated carbocycles. The number of hydrogen-bond acceptors (Lipinski definition) is 6. The molecule has 1 aromatic heterocycles. The van der Waals surface area contributed by atoms with Gasteiger partial charge in [0.25, 0.3) is 0 Å². The van der Waals surface area contributed by atoms with Crippen molar-refractivity contribution in [3.05, 3.63) is 35.7 Å². The van der Waals surface area contributed by atoms with Gasteiger partial charge in [-0.25, -0.2) is 4.68 Å². The third-order valence-electron chi connectivity index (χ3n) is 4.31. The summed E-state index contributed by atoms with van der Waals surface area (Å²) in [6.45, 7) is 6.76. The van der Waals surface area contributed by atoms with Crippen molar-refractivity contribution in [3.8, 4) is 0 Å². The molecule has 3 rings (SSSR count). The summed E-state index contributed by atoms with van der Waals surface area (Å²) in [7, 11) is 1.43. The van der Waals surface area contributed by atoms with Crippen molar-refractivity contribution in [2.45, 2.75) is 51.7 Å². The van der Waals surface area contributed by atoms with Gasteiger partial charge in [0.15, 0.2) is 5.82 Å². The minimum absolute atomic E-state index is 0.0555. The van der Waals surface area contributed by atoms with Gasteiger partial charge >= 0.3 is 5.97 Å². The molecule has 0 amide bonds. The van der Waals surface area contributed by atoms with E-state index in [4.69, 9.17) is 4.74 Å². The number of fused-ring (bicyclic) bond motifs is 1. The van der Waals surface area contributed by atoms with Crippen LogP contribution in [0.3, 0.4) is 0 Å². The maximum atomic E-state index is 11.8. The summed E-state index contributed by atoms with van der Waals surface area (Å²) in [5.41, 5.74) is 2.17. The van der Waals surface area contributed by atoms with Crippen molar-refractivity contribution in [1.82, 2.24) is 20.2 Å². The van der Waals surface area contributed by atoms with Crippen LogP contribution in [0.25, 0.3) is 0 Å². The number of tetrazole rings is 1. The average Bonchev–Trinajstić information content (AvgIpc) is 3.13. The first-order valence-electron chi connectivity index (χ1n) is 8.09. The Balaban J connectivity index is 1.91. The van der Waals surface area contributed by atoms with E-state index in [-0.39, 0.29) is 17.6 Å². The fourth-order valence-corrected chi connectivity index (χ4v) is 3.17. The molecule has 0 radical (unpaired) electrons. The van der Waals surface area contributed by atoms with Gasteiger partial charge in [0.2, 0.25) is 0 Å². The van der Waals surface area contributed by atoms with Crippen LogP contribution in [0.4, 0.5) is 5.69 Å². The maximum Gasteiger partial charge on any atom is 0.307 e. The highest BCUT2D eigenvalue weighted by Crippen LogP contribution is 2.34. The Bertz CT molecular complexity index is 735. The van der Waals surface area contributed by atoms with E-state index in [1.54, 1.807) is 0 Å². The second kappa shape index (κ2) is 6.22. The van der Waals surface area contributed by atoms with Crippen LogP contribution in [0.1, 0.15) is 38.6 Å². The van der Waals surface area contributed by atoms with Crippen LogP contribution in [-0.4, -0.2) is 39.3 Å². The van der Waals surface area contributed by atoms with E-state index in [1.165, 1.54) is 12.7 Å². The quantitative estimate of drug-likeness (QED) is 0.798. The van der Waals surface area contributed by atoms with Crippen LogP contribution in [0, 0.1) is 0 Å². The highest BCUT2D eigenvalue weighted by molar-refractivity contribution is 5.72. The van der Waals surface area contributed by atoms with E-state index in [0.29, 0.717) is 13.0 Å². The summed E-state index contributed by atoms with van der Waals surface area (Å²) in [5.74, 6) is 0.585. The Morgan fingerprint density at radius 2 is 2.08 bits per heavy atom. The molecular formula is C17H23N5O2. The highest BCUT2D eigenvalue weighted by Gasteiger charge is 2.33. The zero-order valence-electron chi connectivity index (χ0n) is 14.6. The fraction of sp³-hybridized carbons (Fsp3) is 0.529. The summed E-state index contributed by atoms with van der Waals surface area (Å²) in [5, 5.41) is 12.2.